The highest BCUT2D eigenvalue weighted by molar-refractivity contribution is 6.99. The number of amides is 1. The number of carbonyl (C=O) groups is 2. The van der Waals surface area contributed by atoms with E-state index in [1.807, 2.05) is 97.1 Å². The van der Waals surface area contributed by atoms with Crippen LogP contribution in [0.1, 0.15) is 31.9 Å². The molecule has 220 valence electrons. The van der Waals surface area contributed by atoms with Crippen molar-refractivity contribution < 1.29 is 23.5 Å². The third-order valence-electron chi connectivity index (χ3n) is 8.69. The van der Waals surface area contributed by atoms with Crippen molar-refractivity contribution in [3.63, 3.8) is 0 Å². The normalized spacial score (nSPS) is 21.2. The molecule has 6 nitrogen and oxygen atoms in total. The Morgan fingerprint density at radius 3 is 1.79 bits per heavy atom. The number of rotatable bonds is 9. The second-order valence-corrected chi connectivity index (χ2v) is 16.7. The molecule has 7 heteroatoms. The van der Waals surface area contributed by atoms with Gasteiger partial charge in [-0.25, -0.2) is 9.59 Å². The predicted molar refractivity (Wildman–Crippen MR) is 169 cm³/mol. The smallest absolute Gasteiger partial charge is 0.411 e. The first-order valence-corrected chi connectivity index (χ1v) is 16.7. The summed E-state index contributed by atoms with van der Waals surface area (Å²) in [6, 6.07) is 39.5. The fraction of sp³-hybridized carbons (Fsp3) is 0.278. The maximum atomic E-state index is 13.7. The molecule has 0 bridgehead atoms. The van der Waals surface area contributed by atoms with Gasteiger partial charge in [0.1, 0.15) is 18.8 Å². The molecule has 2 heterocycles. The average Bonchev–Trinajstić information content (AvgIpc) is 3.61. The van der Waals surface area contributed by atoms with E-state index in [1.165, 1.54) is 0 Å². The first kappa shape index (κ1) is 28.9. The van der Waals surface area contributed by atoms with Crippen LogP contribution in [0.5, 0.6) is 0 Å². The van der Waals surface area contributed by atoms with Crippen LogP contribution in [-0.4, -0.2) is 49.6 Å². The molecule has 0 N–H and O–H groups in total. The van der Waals surface area contributed by atoms with Crippen LogP contribution in [0.15, 0.2) is 121 Å². The number of esters is 1. The van der Waals surface area contributed by atoms with Crippen LogP contribution < -0.4 is 10.4 Å². The Morgan fingerprint density at radius 2 is 1.28 bits per heavy atom. The molecule has 0 aromatic heterocycles. The van der Waals surface area contributed by atoms with Crippen molar-refractivity contribution in [3.05, 3.63) is 132 Å². The Hall–Kier alpha value is -4.20. The van der Waals surface area contributed by atoms with E-state index in [0.29, 0.717) is 6.42 Å². The molecule has 4 aromatic carbocycles. The second kappa shape index (κ2) is 11.5. The number of nitrogens with zero attached hydrogens (tertiary/aromatic N) is 1. The summed E-state index contributed by atoms with van der Waals surface area (Å²) in [6.07, 6.45) is -0.785. The highest BCUT2D eigenvalue weighted by Crippen LogP contribution is 2.53. The molecule has 2 fully saturated rings. The first-order chi connectivity index (χ1) is 20.8. The number of morpholine rings is 1. The van der Waals surface area contributed by atoms with Gasteiger partial charge in [0.15, 0.2) is 5.54 Å². The molecule has 1 amide bonds. The van der Waals surface area contributed by atoms with Crippen LogP contribution in [0.3, 0.4) is 0 Å². The van der Waals surface area contributed by atoms with Crippen molar-refractivity contribution in [2.75, 3.05) is 6.61 Å². The Morgan fingerprint density at radius 1 is 0.791 bits per heavy atom. The summed E-state index contributed by atoms with van der Waals surface area (Å²) >= 11 is 0. The summed E-state index contributed by atoms with van der Waals surface area (Å²) < 4.78 is 18.9. The van der Waals surface area contributed by atoms with Gasteiger partial charge in [0.25, 0.3) is 8.32 Å². The van der Waals surface area contributed by atoms with Crippen molar-refractivity contribution in [1.29, 1.82) is 0 Å². The van der Waals surface area contributed by atoms with Crippen molar-refractivity contribution >= 4 is 30.8 Å². The standard InChI is InChI=1S/C36H37NO5Si/c1-35(2,3)43(29-20-12-6-13-21-29,30-22-14-7-15-23-30)41-26-31-32-36(33(38)42-31,24-27-16-8-4-9-17-27)37(32)34(39)40-25-28-18-10-5-11-19-28/h4-23,31-32H,24-26H2,1-3H3/t31-,32-,36-,37?/m1/s1. The van der Waals surface area contributed by atoms with Gasteiger partial charge >= 0.3 is 12.1 Å². The minimum absolute atomic E-state index is 0.128. The molecule has 43 heavy (non-hydrogen) atoms. The number of cyclic esters (lactones) is 1. The minimum Gasteiger partial charge on any atom is -0.456 e. The largest absolute Gasteiger partial charge is 0.456 e. The third-order valence-corrected chi connectivity index (χ3v) is 13.7. The van der Waals surface area contributed by atoms with Gasteiger partial charge in [-0.1, -0.05) is 142 Å². The van der Waals surface area contributed by atoms with Gasteiger partial charge in [-0.3, -0.25) is 4.90 Å². The summed E-state index contributed by atoms with van der Waals surface area (Å²) in [4.78, 5) is 28.8. The molecular weight excluding hydrogens is 554 g/mol. The van der Waals surface area contributed by atoms with E-state index in [9.17, 15) is 9.59 Å². The summed E-state index contributed by atoms with van der Waals surface area (Å²) in [5.41, 5.74) is 0.722. The lowest BCUT2D eigenvalue weighted by atomic mass is 9.95. The van der Waals surface area contributed by atoms with Gasteiger partial charge in [0.2, 0.25) is 0 Å². The molecule has 2 aliphatic heterocycles. The zero-order valence-corrected chi connectivity index (χ0v) is 25.8. The van der Waals surface area contributed by atoms with Gasteiger partial charge in [0.05, 0.1) is 6.61 Å². The molecule has 0 radical (unpaired) electrons. The monoisotopic (exact) mass is 591 g/mol. The maximum absolute atomic E-state index is 13.7. The van der Waals surface area contributed by atoms with E-state index in [1.54, 1.807) is 4.90 Å². The SMILES string of the molecule is CC(C)(C)[Si](OC[C@H]1OC(=O)[C@@]2(Cc3ccccc3)[C@@H]1N2C(=O)OCc1ccccc1)(c1ccccc1)c1ccccc1. The summed E-state index contributed by atoms with van der Waals surface area (Å²) in [5.74, 6) is -0.408. The van der Waals surface area contributed by atoms with Gasteiger partial charge in [-0.05, 0) is 26.5 Å². The van der Waals surface area contributed by atoms with E-state index in [2.05, 4.69) is 45.0 Å². The molecule has 2 saturated heterocycles. The van der Waals surface area contributed by atoms with Crippen molar-refractivity contribution in [3.8, 4) is 0 Å². The summed E-state index contributed by atoms with van der Waals surface area (Å²) in [5, 5.41) is 2.05. The summed E-state index contributed by atoms with van der Waals surface area (Å²) in [7, 11) is -2.88. The van der Waals surface area contributed by atoms with Crippen LogP contribution in [0.4, 0.5) is 4.79 Å². The van der Waals surface area contributed by atoms with Crippen LogP contribution in [0.2, 0.25) is 5.04 Å². The lowest BCUT2D eigenvalue weighted by Gasteiger charge is -2.43. The number of fused-ring (bicyclic) bond motifs is 1. The Kier molecular flexibility index (Phi) is 7.71. The molecule has 0 unspecified atom stereocenters. The van der Waals surface area contributed by atoms with Crippen molar-refractivity contribution in [1.82, 2.24) is 4.90 Å². The number of hydrogen-bond donors (Lipinski definition) is 0. The maximum Gasteiger partial charge on any atom is 0.411 e. The van der Waals surface area contributed by atoms with Crippen LogP contribution >= 0.6 is 0 Å². The molecule has 0 spiro atoms. The predicted octanol–water partition coefficient (Wildman–Crippen LogP) is 5.49. The highest BCUT2D eigenvalue weighted by atomic mass is 28.4. The Bertz CT molecular complexity index is 1520. The van der Waals surface area contributed by atoms with Crippen molar-refractivity contribution in [2.45, 2.75) is 56.5 Å². The minimum atomic E-state index is -2.88. The number of hydrogen-bond acceptors (Lipinski definition) is 5. The lowest BCUT2D eigenvalue weighted by molar-refractivity contribution is -0.150. The zero-order valence-electron chi connectivity index (χ0n) is 24.8. The Balaban J connectivity index is 1.31. The van der Waals surface area contributed by atoms with E-state index in [0.717, 1.165) is 21.5 Å². The van der Waals surface area contributed by atoms with Crippen molar-refractivity contribution in [2.24, 2.45) is 0 Å². The quantitative estimate of drug-likeness (QED) is 0.146. The van der Waals surface area contributed by atoms with E-state index >= 15 is 0 Å². The fourth-order valence-corrected chi connectivity index (χ4v) is 11.2. The van der Waals surface area contributed by atoms with E-state index < -0.39 is 38.1 Å². The van der Waals surface area contributed by atoms with Crippen LogP contribution in [-0.2, 0) is 31.7 Å². The van der Waals surface area contributed by atoms with E-state index in [4.69, 9.17) is 13.9 Å². The first-order valence-electron chi connectivity index (χ1n) is 14.8. The molecule has 4 aromatic rings. The fourth-order valence-electron chi connectivity index (χ4n) is 6.68. The molecule has 3 atom stereocenters. The molecule has 2 aliphatic rings. The van der Waals surface area contributed by atoms with Crippen LogP contribution in [0.25, 0.3) is 0 Å². The topological polar surface area (TPSA) is 64.8 Å². The van der Waals surface area contributed by atoms with Crippen LogP contribution in [0, 0.1) is 0 Å². The number of ether oxygens (including phenoxy) is 2. The lowest BCUT2D eigenvalue weighted by Crippen LogP contribution is -2.67. The third kappa shape index (κ3) is 5.17. The van der Waals surface area contributed by atoms with Gasteiger partial charge < -0.3 is 13.9 Å². The molecule has 0 aliphatic carbocycles. The molecule has 6 rings (SSSR count). The highest BCUT2D eigenvalue weighted by Gasteiger charge is 2.79. The molecular formula is C36H37NO5Si. The molecule has 0 saturated carbocycles. The number of benzene rings is 4. The summed E-state index contributed by atoms with van der Waals surface area (Å²) in [6.45, 7) is 6.93. The second-order valence-electron chi connectivity index (χ2n) is 12.4. The zero-order chi connectivity index (χ0) is 30.1. The average molecular weight is 592 g/mol. The van der Waals surface area contributed by atoms with Gasteiger partial charge in [-0.2, -0.15) is 0 Å². The van der Waals surface area contributed by atoms with Gasteiger partial charge in [-0.15, -0.1) is 0 Å². The number of carbonyl (C=O) groups excluding carboxylic acids is 2. The van der Waals surface area contributed by atoms with E-state index in [-0.39, 0.29) is 18.3 Å². The Labute approximate surface area is 254 Å². The van der Waals surface area contributed by atoms with Gasteiger partial charge in [0, 0.05) is 6.42 Å².